The molecule has 1 aromatic heterocycles. The van der Waals surface area contributed by atoms with Crippen molar-refractivity contribution in [2.24, 2.45) is 0 Å². The Morgan fingerprint density at radius 2 is 2.04 bits per heavy atom. The number of H-pyrrole nitrogens is 1. The molecule has 3 aromatic rings. The highest BCUT2D eigenvalue weighted by Crippen LogP contribution is 2.22. The third-order valence-electron chi connectivity index (χ3n) is 3.54. The minimum atomic E-state index is -0.470. The lowest BCUT2D eigenvalue weighted by Gasteiger charge is -2.07. The number of hydrogen-bond donors (Lipinski definition) is 2. The number of hydrogen-bond acceptors (Lipinski definition) is 6. The minimum Gasteiger partial charge on any atom is -0.325 e. The Balaban J connectivity index is 1.58. The Kier molecular flexibility index (Phi) is 5.28. The molecule has 26 heavy (non-hydrogen) atoms. The second-order valence-corrected chi connectivity index (χ2v) is 6.37. The maximum Gasteiger partial charge on any atom is 0.269 e. The Labute approximate surface area is 153 Å². The zero-order valence-corrected chi connectivity index (χ0v) is 14.6. The molecule has 0 radical (unpaired) electrons. The SMILES string of the molecule is Cc1cc([N+](=O)[O-])ccc1NC(=O)CSc1n[nH]c(-c2ccccc2)n1. The van der Waals surface area contributed by atoms with Gasteiger partial charge in [-0.2, -0.15) is 0 Å². The Bertz CT molecular complexity index is 943. The maximum atomic E-state index is 12.1. The van der Waals surface area contributed by atoms with E-state index in [1.54, 1.807) is 6.92 Å². The molecule has 2 N–H and O–H groups in total. The average molecular weight is 369 g/mol. The van der Waals surface area contributed by atoms with Gasteiger partial charge in [-0.1, -0.05) is 42.1 Å². The molecule has 1 amide bonds. The molecule has 3 rings (SSSR count). The fourth-order valence-electron chi connectivity index (χ4n) is 2.25. The molecule has 8 nitrogen and oxygen atoms in total. The highest BCUT2D eigenvalue weighted by Gasteiger charge is 2.12. The van der Waals surface area contributed by atoms with E-state index in [4.69, 9.17) is 0 Å². The molecule has 132 valence electrons. The van der Waals surface area contributed by atoms with Gasteiger partial charge >= 0.3 is 0 Å². The van der Waals surface area contributed by atoms with Gasteiger partial charge in [-0.3, -0.25) is 20.0 Å². The summed E-state index contributed by atoms with van der Waals surface area (Å²) in [7, 11) is 0. The first-order valence-corrected chi connectivity index (χ1v) is 8.67. The predicted molar refractivity (Wildman–Crippen MR) is 99.0 cm³/mol. The van der Waals surface area contributed by atoms with E-state index in [-0.39, 0.29) is 17.3 Å². The number of rotatable bonds is 6. The summed E-state index contributed by atoms with van der Waals surface area (Å²) in [6.45, 7) is 1.71. The summed E-state index contributed by atoms with van der Waals surface area (Å²) < 4.78 is 0. The fraction of sp³-hybridized carbons (Fsp3) is 0.118. The van der Waals surface area contributed by atoms with Gasteiger partial charge in [-0.25, -0.2) is 4.98 Å². The molecule has 0 saturated carbocycles. The minimum absolute atomic E-state index is 0.0101. The van der Waals surface area contributed by atoms with Crippen LogP contribution in [-0.4, -0.2) is 31.8 Å². The van der Waals surface area contributed by atoms with Crippen LogP contribution < -0.4 is 5.32 Å². The van der Waals surface area contributed by atoms with E-state index in [0.717, 1.165) is 5.56 Å². The Morgan fingerprint density at radius 3 is 2.73 bits per heavy atom. The van der Waals surface area contributed by atoms with Gasteiger partial charge in [-0.15, -0.1) is 5.10 Å². The largest absolute Gasteiger partial charge is 0.325 e. The number of aromatic amines is 1. The number of nitro benzene ring substituents is 1. The molecule has 0 saturated heterocycles. The van der Waals surface area contributed by atoms with Gasteiger partial charge < -0.3 is 5.32 Å². The second-order valence-electron chi connectivity index (χ2n) is 5.43. The smallest absolute Gasteiger partial charge is 0.269 e. The van der Waals surface area contributed by atoms with E-state index >= 15 is 0 Å². The number of anilines is 1. The third kappa shape index (κ3) is 4.25. The van der Waals surface area contributed by atoms with Crippen LogP contribution in [0.2, 0.25) is 0 Å². The molecule has 0 aliphatic heterocycles. The number of thioether (sulfide) groups is 1. The summed E-state index contributed by atoms with van der Waals surface area (Å²) in [5.41, 5.74) is 2.07. The zero-order chi connectivity index (χ0) is 18.5. The first-order valence-electron chi connectivity index (χ1n) is 7.68. The number of carbonyl (C=O) groups excluding carboxylic acids is 1. The molecule has 0 bridgehead atoms. The molecular formula is C17H15N5O3S. The number of nitrogens with one attached hydrogen (secondary N) is 2. The van der Waals surface area contributed by atoms with Crippen LogP contribution in [0.5, 0.6) is 0 Å². The van der Waals surface area contributed by atoms with Crippen LogP contribution >= 0.6 is 11.8 Å². The van der Waals surface area contributed by atoms with E-state index in [1.807, 2.05) is 30.3 Å². The first-order chi connectivity index (χ1) is 12.5. The number of aryl methyl sites for hydroxylation is 1. The van der Waals surface area contributed by atoms with Crippen LogP contribution in [0, 0.1) is 17.0 Å². The van der Waals surface area contributed by atoms with Crippen LogP contribution in [0.4, 0.5) is 11.4 Å². The van der Waals surface area contributed by atoms with Gasteiger partial charge in [0.05, 0.1) is 10.7 Å². The Hall–Kier alpha value is -3.20. The lowest BCUT2D eigenvalue weighted by Crippen LogP contribution is -2.15. The van der Waals surface area contributed by atoms with Gasteiger partial charge in [0.25, 0.3) is 5.69 Å². The monoisotopic (exact) mass is 369 g/mol. The highest BCUT2D eigenvalue weighted by molar-refractivity contribution is 7.99. The van der Waals surface area contributed by atoms with Crippen LogP contribution in [0.1, 0.15) is 5.56 Å². The van der Waals surface area contributed by atoms with Crippen molar-refractivity contribution in [2.45, 2.75) is 12.1 Å². The van der Waals surface area contributed by atoms with Gasteiger partial charge in [0.15, 0.2) is 5.82 Å². The molecule has 1 heterocycles. The molecule has 0 unspecified atom stereocenters. The highest BCUT2D eigenvalue weighted by atomic mass is 32.2. The summed E-state index contributed by atoms with van der Waals surface area (Å²) in [5.74, 6) is 0.528. The topological polar surface area (TPSA) is 114 Å². The van der Waals surface area contributed by atoms with Crippen molar-refractivity contribution in [1.29, 1.82) is 0 Å². The standard InChI is InChI=1S/C17H15N5O3S/c1-11-9-13(22(24)25)7-8-14(11)18-15(23)10-26-17-19-16(20-21-17)12-5-3-2-4-6-12/h2-9H,10H2,1H3,(H,18,23)(H,19,20,21). The summed E-state index contributed by atoms with van der Waals surface area (Å²) in [6, 6.07) is 13.9. The average Bonchev–Trinajstić information content (AvgIpc) is 3.11. The van der Waals surface area contributed by atoms with Crippen molar-refractivity contribution in [2.75, 3.05) is 11.1 Å². The molecule has 0 atom stereocenters. The lowest BCUT2D eigenvalue weighted by atomic mass is 10.2. The third-order valence-corrected chi connectivity index (χ3v) is 4.39. The van der Waals surface area contributed by atoms with E-state index < -0.39 is 4.92 Å². The quantitative estimate of drug-likeness (QED) is 0.391. The van der Waals surface area contributed by atoms with Gasteiger partial charge in [0, 0.05) is 23.4 Å². The second kappa shape index (κ2) is 7.79. The number of amides is 1. The molecule has 0 aliphatic rings. The van der Waals surface area contributed by atoms with Crippen LogP contribution in [0.3, 0.4) is 0 Å². The van der Waals surface area contributed by atoms with Gasteiger partial charge in [0.2, 0.25) is 11.1 Å². The van der Waals surface area contributed by atoms with Crippen LogP contribution in [0.15, 0.2) is 53.7 Å². The van der Waals surface area contributed by atoms with Crippen molar-refractivity contribution < 1.29 is 9.72 Å². The van der Waals surface area contributed by atoms with Crippen molar-refractivity contribution in [1.82, 2.24) is 15.2 Å². The van der Waals surface area contributed by atoms with E-state index in [9.17, 15) is 14.9 Å². The first kappa shape index (κ1) is 17.6. The summed E-state index contributed by atoms with van der Waals surface area (Å²) >= 11 is 1.20. The number of benzene rings is 2. The van der Waals surface area contributed by atoms with Crippen molar-refractivity contribution in [3.05, 3.63) is 64.2 Å². The summed E-state index contributed by atoms with van der Waals surface area (Å²) in [4.78, 5) is 26.7. The number of non-ortho nitro benzene ring substituents is 1. The number of nitro groups is 1. The molecule has 0 aliphatic carbocycles. The molecule has 9 heteroatoms. The summed E-state index contributed by atoms with van der Waals surface area (Å²) in [5, 5.41) is 20.9. The van der Waals surface area contributed by atoms with E-state index in [2.05, 4.69) is 20.5 Å². The lowest BCUT2D eigenvalue weighted by molar-refractivity contribution is -0.384. The van der Waals surface area contributed by atoms with Crippen molar-refractivity contribution >= 4 is 29.0 Å². The normalized spacial score (nSPS) is 10.5. The molecule has 0 fully saturated rings. The van der Waals surface area contributed by atoms with E-state index in [0.29, 0.717) is 22.2 Å². The predicted octanol–water partition coefficient (Wildman–Crippen LogP) is 3.42. The number of aromatic nitrogens is 3. The molecule has 2 aromatic carbocycles. The fourth-order valence-corrected chi connectivity index (χ4v) is 2.85. The Morgan fingerprint density at radius 1 is 1.27 bits per heavy atom. The van der Waals surface area contributed by atoms with Gasteiger partial charge in [0.1, 0.15) is 0 Å². The maximum absolute atomic E-state index is 12.1. The molecular weight excluding hydrogens is 354 g/mol. The van der Waals surface area contributed by atoms with Crippen LogP contribution in [-0.2, 0) is 4.79 Å². The van der Waals surface area contributed by atoms with Gasteiger partial charge in [-0.05, 0) is 18.6 Å². The van der Waals surface area contributed by atoms with E-state index in [1.165, 1.54) is 30.0 Å². The van der Waals surface area contributed by atoms with Crippen molar-refractivity contribution in [3.8, 4) is 11.4 Å². The van der Waals surface area contributed by atoms with Crippen LogP contribution in [0.25, 0.3) is 11.4 Å². The number of nitrogens with zero attached hydrogens (tertiary/aromatic N) is 3. The zero-order valence-electron chi connectivity index (χ0n) is 13.8. The number of carbonyl (C=O) groups is 1. The van der Waals surface area contributed by atoms with Crippen molar-refractivity contribution in [3.63, 3.8) is 0 Å². The summed E-state index contributed by atoms with van der Waals surface area (Å²) in [6.07, 6.45) is 0. The molecule has 0 spiro atoms.